The van der Waals surface area contributed by atoms with Gasteiger partial charge in [0.25, 0.3) is 0 Å². The molecule has 1 saturated heterocycles. The number of rotatable bonds is 5. The second kappa shape index (κ2) is 5.92. The molecule has 7 heteroatoms. The molecular formula is C11H18N4O3. The summed E-state index contributed by atoms with van der Waals surface area (Å²) in [6, 6.07) is 0. The number of carboxylic acid groups (broad SMARTS) is 1. The first-order chi connectivity index (χ1) is 8.65. The largest absolute Gasteiger partial charge is 0.481 e. The lowest BCUT2D eigenvalue weighted by atomic mass is 10.2. The monoisotopic (exact) mass is 254 g/mol. The third-order valence-electron chi connectivity index (χ3n) is 3.23. The molecule has 7 nitrogen and oxygen atoms in total. The van der Waals surface area contributed by atoms with Gasteiger partial charge in [-0.25, -0.2) is 4.63 Å². The number of hydrogen-bond acceptors (Lipinski definition) is 6. The van der Waals surface area contributed by atoms with E-state index in [1.54, 1.807) is 0 Å². The minimum absolute atomic E-state index is 0.215. The molecule has 1 fully saturated rings. The van der Waals surface area contributed by atoms with Crippen molar-refractivity contribution in [2.24, 2.45) is 0 Å². The lowest BCUT2D eigenvalue weighted by molar-refractivity contribution is -0.137. The number of aromatic nitrogens is 2. The third-order valence-corrected chi connectivity index (χ3v) is 3.23. The Kier molecular flexibility index (Phi) is 4.27. The molecule has 0 radical (unpaired) electrons. The zero-order valence-electron chi connectivity index (χ0n) is 10.5. The zero-order chi connectivity index (χ0) is 13.0. The summed E-state index contributed by atoms with van der Waals surface area (Å²) < 4.78 is 4.67. The van der Waals surface area contributed by atoms with Gasteiger partial charge < -0.3 is 10.0 Å². The van der Waals surface area contributed by atoms with E-state index in [1.165, 1.54) is 0 Å². The Bertz CT molecular complexity index is 399. The Labute approximate surface area is 105 Å². The predicted molar refractivity (Wildman–Crippen MR) is 63.0 cm³/mol. The molecule has 0 bridgehead atoms. The van der Waals surface area contributed by atoms with Crippen LogP contribution in [0.1, 0.15) is 17.8 Å². The Hall–Kier alpha value is -1.47. The average Bonchev–Trinajstić information content (AvgIpc) is 2.74. The van der Waals surface area contributed by atoms with Crippen molar-refractivity contribution < 1.29 is 14.5 Å². The van der Waals surface area contributed by atoms with Crippen molar-refractivity contribution in [3.05, 3.63) is 11.4 Å². The molecular weight excluding hydrogens is 236 g/mol. The minimum atomic E-state index is -0.735. The summed E-state index contributed by atoms with van der Waals surface area (Å²) in [5, 5.41) is 16.3. The fraction of sp³-hybridized carbons (Fsp3) is 0.727. The fourth-order valence-electron chi connectivity index (χ4n) is 2.03. The summed E-state index contributed by atoms with van der Waals surface area (Å²) in [5.41, 5.74) is 1.72. The van der Waals surface area contributed by atoms with E-state index in [0.29, 0.717) is 6.54 Å². The van der Waals surface area contributed by atoms with Gasteiger partial charge in [-0.05, 0) is 6.92 Å². The molecule has 0 unspecified atom stereocenters. The molecule has 0 amide bonds. The van der Waals surface area contributed by atoms with Crippen LogP contribution in [0.2, 0.25) is 0 Å². The Morgan fingerprint density at radius 1 is 1.28 bits per heavy atom. The fourth-order valence-corrected chi connectivity index (χ4v) is 2.03. The van der Waals surface area contributed by atoms with Crippen LogP contribution in [0.3, 0.4) is 0 Å². The van der Waals surface area contributed by atoms with Crippen molar-refractivity contribution in [3.8, 4) is 0 Å². The molecule has 100 valence electrons. The lowest BCUT2D eigenvalue weighted by Crippen LogP contribution is -2.46. The van der Waals surface area contributed by atoms with Crippen LogP contribution in [0, 0.1) is 6.92 Å². The number of nitrogens with zero attached hydrogens (tertiary/aromatic N) is 4. The molecule has 0 saturated carbocycles. The van der Waals surface area contributed by atoms with Crippen LogP contribution in [0.15, 0.2) is 4.63 Å². The van der Waals surface area contributed by atoms with Gasteiger partial charge in [0.05, 0.1) is 6.42 Å². The van der Waals surface area contributed by atoms with Gasteiger partial charge in [-0.2, -0.15) is 0 Å². The van der Waals surface area contributed by atoms with Crippen LogP contribution in [-0.2, 0) is 11.3 Å². The molecule has 2 rings (SSSR count). The van der Waals surface area contributed by atoms with E-state index < -0.39 is 5.97 Å². The highest BCUT2D eigenvalue weighted by Gasteiger charge is 2.19. The maximum Gasteiger partial charge on any atom is 0.304 e. The van der Waals surface area contributed by atoms with E-state index in [9.17, 15) is 4.79 Å². The van der Waals surface area contributed by atoms with E-state index in [4.69, 9.17) is 5.11 Å². The van der Waals surface area contributed by atoms with Gasteiger partial charge in [-0.1, -0.05) is 10.3 Å². The van der Waals surface area contributed by atoms with Gasteiger partial charge in [0.15, 0.2) is 0 Å². The number of aliphatic carboxylic acids is 1. The smallest absolute Gasteiger partial charge is 0.304 e. The molecule has 1 N–H and O–H groups in total. The second-order valence-electron chi connectivity index (χ2n) is 4.56. The standard InChI is InChI=1S/C11H18N4O3/c1-9-10(13-18-12-9)8-15-6-4-14(5-7-15)3-2-11(16)17/h2-8H2,1H3,(H,16,17). The van der Waals surface area contributed by atoms with Gasteiger partial charge in [0, 0.05) is 39.3 Å². The summed E-state index contributed by atoms with van der Waals surface area (Å²) >= 11 is 0. The third kappa shape index (κ3) is 3.51. The molecule has 1 aromatic heterocycles. The van der Waals surface area contributed by atoms with Crippen LogP contribution in [-0.4, -0.2) is 63.9 Å². The quantitative estimate of drug-likeness (QED) is 0.790. The summed E-state index contributed by atoms with van der Waals surface area (Å²) in [6.45, 7) is 6.91. The normalized spacial score (nSPS) is 18.1. The first-order valence-corrected chi connectivity index (χ1v) is 6.09. The molecule has 0 spiro atoms. The van der Waals surface area contributed by atoms with Crippen molar-refractivity contribution in [3.63, 3.8) is 0 Å². The molecule has 0 aliphatic carbocycles. The SMILES string of the molecule is Cc1nonc1CN1CCN(CCC(=O)O)CC1. The van der Waals surface area contributed by atoms with Crippen LogP contribution in [0.25, 0.3) is 0 Å². The molecule has 1 aromatic rings. The minimum Gasteiger partial charge on any atom is -0.481 e. The van der Waals surface area contributed by atoms with Crippen molar-refractivity contribution in [1.29, 1.82) is 0 Å². The van der Waals surface area contributed by atoms with Crippen molar-refractivity contribution in [2.75, 3.05) is 32.7 Å². The summed E-state index contributed by atoms with van der Waals surface area (Å²) in [4.78, 5) is 15.0. The maximum absolute atomic E-state index is 10.5. The zero-order valence-corrected chi connectivity index (χ0v) is 10.5. The molecule has 1 aliphatic heterocycles. The maximum atomic E-state index is 10.5. The van der Waals surface area contributed by atoms with E-state index in [-0.39, 0.29) is 6.42 Å². The highest BCUT2D eigenvalue weighted by Crippen LogP contribution is 2.09. The topological polar surface area (TPSA) is 82.7 Å². The number of piperazine rings is 1. The molecule has 18 heavy (non-hydrogen) atoms. The summed E-state index contributed by atoms with van der Waals surface area (Å²) in [7, 11) is 0. The first-order valence-electron chi connectivity index (χ1n) is 6.09. The van der Waals surface area contributed by atoms with E-state index >= 15 is 0 Å². The van der Waals surface area contributed by atoms with E-state index in [1.807, 2.05) is 6.92 Å². The van der Waals surface area contributed by atoms with Crippen molar-refractivity contribution >= 4 is 5.97 Å². The summed E-state index contributed by atoms with van der Waals surface area (Å²) in [6.07, 6.45) is 0.215. The van der Waals surface area contributed by atoms with Crippen molar-refractivity contribution in [1.82, 2.24) is 20.1 Å². The highest BCUT2D eigenvalue weighted by molar-refractivity contribution is 5.66. The Balaban J connectivity index is 1.73. The summed E-state index contributed by atoms with van der Waals surface area (Å²) in [5.74, 6) is -0.735. The van der Waals surface area contributed by atoms with Crippen LogP contribution < -0.4 is 0 Å². The molecule has 0 aromatic carbocycles. The molecule has 2 heterocycles. The Morgan fingerprint density at radius 2 is 1.94 bits per heavy atom. The second-order valence-corrected chi connectivity index (χ2v) is 4.56. The van der Waals surface area contributed by atoms with Crippen LogP contribution >= 0.6 is 0 Å². The average molecular weight is 254 g/mol. The van der Waals surface area contributed by atoms with Gasteiger partial charge in [-0.15, -0.1) is 0 Å². The number of carbonyl (C=O) groups is 1. The number of hydrogen-bond donors (Lipinski definition) is 1. The number of aryl methyl sites for hydroxylation is 1. The molecule has 1 aliphatic rings. The number of carboxylic acids is 1. The van der Waals surface area contributed by atoms with Crippen LogP contribution in [0.4, 0.5) is 0 Å². The van der Waals surface area contributed by atoms with Gasteiger partial charge in [0.2, 0.25) is 0 Å². The van der Waals surface area contributed by atoms with Gasteiger partial charge in [0.1, 0.15) is 11.4 Å². The van der Waals surface area contributed by atoms with Gasteiger partial charge in [-0.3, -0.25) is 9.69 Å². The van der Waals surface area contributed by atoms with E-state index in [2.05, 4.69) is 24.7 Å². The first kappa shape index (κ1) is 13.0. The van der Waals surface area contributed by atoms with Gasteiger partial charge >= 0.3 is 5.97 Å². The Morgan fingerprint density at radius 3 is 2.50 bits per heavy atom. The van der Waals surface area contributed by atoms with Crippen LogP contribution in [0.5, 0.6) is 0 Å². The highest BCUT2D eigenvalue weighted by atomic mass is 16.6. The van der Waals surface area contributed by atoms with Crippen molar-refractivity contribution in [2.45, 2.75) is 19.9 Å². The molecule has 0 atom stereocenters. The predicted octanol–water partition coefficient (Wildman–Crippen LogP) is -0.0297. The lowest BCUT2D eigenvalue weighted by Gasteiger charge is -2.33. The van der Waals surface area contributed by atoms with E-state index in [0.717, 1.165) is 44.1 Å².